The maximum Gasteiger partial charge on any atom is 0.0561 e. The summed E-state index contributed by atoms with van der Waals surface area (Å²) in [5.41, 5.74) is 5.03. The number of ether oxygens (including phenoxy) is 1. The molecule has 0 aliphatic carbocycles. The van der Waals surface area contributed by atoms with E-state index >= 15 is 0 Å². The van der Waals surface area contributed by atoms with Gasteiger partial charge in [-0.2, -0.15) is 0 Å². The summed E-state index contributed by atoms with van der Waals surface area (Å²) in [6.07, 6.45) is 4.67. The summed E-state index contributed by atoms with van der Waals surface area (Å²) in [5, 5.41) is 0. The summed E-state index contributed by atoms with van der Waals surface area (Å²) < 4.78 is 5.22. The monoisotopic (exact) mass is 209 g/mol. The number of pyridine rings is 1. The summed E-state index contributed by atoms with van der Waals surface area (Å²) in [5.74, 6) is 5.52. The molecule has 0 aliphatic heterocycles. The van der Waals surface area contributed by atoms with E-state index < -0.39 is 0 Å². The average Bonchev–Trinajstić information content (AvgIpc) is 2.25. The molecule has 84 valence electrons. The molecule has 0 aromatic carbocycles. The van der Waals surface area contributed by atoms with Crippen molar-refractivity contribution in [1.29, 1.82) is 0 Å². The molecule has 0 radical (unpaired) electrons. The Morgan fingerprint density at radius 1 is 1.53 bits per heavy atom. The summed E-state index contributed by atoms with van der Waals surface area (Å²) >= 11 is 0. The minimum Gasteiger partial charge on any atom is -0.382 e. The molecule has 0 spiro atoms. The maximum atomic E-state index is 5.52. The Balaban J connectivity index is 2.73. The number of aryl methyl sites for hydroxylation is 1. The Morgan fingerprint density at radius 3 is 2.80 bits per heavy atom. The van der Waals surface area contributed by atoms with Crippen LogP contribution in [0, 0.1) is 6.92 Å². The van der Waals surface area contributed by atoms with Crippen LogP contribution in [0.3, 0.4) is 0 Å². The molecule has 0 amide bonds. The number of aromatic nitrogens is 1. The quantitative estimate of drug-likeness (QED) is 0.567. The van der Waals surface area contributed by atoms with E-state index in [1.807, 2.05) is 26.2 Å². The van der Waals surface area contributed by atoms with Crippen LogP contribution in [0.4, 0.5) is 0 Å². The predicted molar refractivity (Wildman–Crippen MR) is 60.1 cm³/mol. The van der Waals surface area contributed by atoms with E-state index in [4.69, 9.17) is 10.6 Å². The molecule has 1 rings (SSSR count). The number of hydrogen-bond acceptors (Lipinski definition) is 4. The highest BCUT2D eigenvalue weighted by Gasteiger charge is 2.13. The van der Waals surface area contributed by atoms with Gasteiger partial charge in [0.05, 0.1) is 6.10 Å². The third-order valence-electron chi connectivity index (χ3n) is 2.47. The van der Waals surface area contributed by atoms with Gasteiger partial charge in [-0.05, 0) is 31.4 Å². The van der Waals surface area contributed by atoms with E-state index in [-0.39, 0.29) is 12.1 Å². The number of hydrazine groups is 1. The second kappa shape index (κ2) is 5.80. The molecular weight excluding hydrogens is 190 g/mol. The maximum absolute atomic E-state index is 5.52. The van der Waals surface area contributed by atoms with Crippen LogP contribution < -0.4 is 11.3 Å². The first kappa shape index (κ1) is 12.1. The van der Waals surface area contributed by atoms with Gasteiger partial charge >= 0.3 is 0 Å². The molecule has 0 saturated carbocycles. The number of nitrogens with one attached hydrogen (secondary N) is 1. The molecule has 1 aromatic rings. The Kier molecular flexibility index (Phi) is 4.68. The zero-order valence-corrected chi connectivity index (χ0v) is 9.53. The first-order chi connectivity index (χ1) is 7.17. The Morgan fingerprint density at radius 2 is 2.27 bits per heavy atom. The zero-order valence-electron chi connectivity index (χ0n) is 9.53. The molecule has 0 saturated heterocycles. The van der Waals surface area contributed by atoms with Crippen molar-refractivity contribution in [2.45, 2.75) is 32.4 Å². The highest BCUT2D eigenvalue weighted by Crippen LogP contribution is 2.18. The molecular formula is C11H19N3O. The van der Waals surface area contributed by atoms with E-state index in [1.54, 1.807) is 7.11 Å². The fraction of sp³-hybridized carbons (Fsp3) is 0.545. The molecule has 4 nitrogen and oxygen atoms in total. The van der Waals surface area contributed by atoms with Gasteiger partial charge in [0.15, 0.2) is 0 Å². The summed E-state index contributed by atoms with van der Waals surface area (Å²) in [7, 11) is 1.70. The Labute approximate surface area is 90.8 Å². The van der Waals surface area contributed by atoms with E-state index in [0.29, 0.717) is 0 Å². The van der Waals surface area contributed by atoms with Crippen molar-refractivity contribution in [3.63, 3.8) is 0 Å². The normalized spacial score (nSPS) is 14.9. The van der Waals surface area contributed by atoms with Crippen molar-refractivity contribution >= 4 is 0 Å². The smallest absolute Gasteiger partial charge is 0.0561 e. The van der Waals surface area contributed by atoms with E-state index in [1.165, 1.54) is 0 Å². The molecule has 0 fully saturated rings. The minimum absolute atomic E-state index is 0.0901. The van der Waals surface area contributed by atoms with Gasteiger partial charge in [0.1, 0.15) is 0 Å². The lowest BCUT2D eigenvalue weighted by molar-refractivity contribution is 0.100. The highest BCUT2D eigenvalue weighted by molar-refractivity contribution is 5.20. The number of nitrogens with two attached hydrogens (primary N) is 1. The van der Waals surface area contributed by atoms with Gasteiger partial charge < -0.3 is 4.74 Å². The number of hydrogen-bond donors (Lipinski definition) is 2. The van der Waals surface area contributed by atoms with Crippen molar-refractivity contribution in [3.8, 4) is 0 Å². The van der Waals surface area contributed by atoms with Gasteiger partial charge in [0, 0.05) is 25.5 Å². The van der Waals surface area contributed by atoms with Crippen LogP contribution in [0.5, 0.6) is 0 Å². The van der Waals surface area contributed by atoms with Gasteiger partial charge in [-0.25, -0.2) is 0 Å². The zero-order chi connectivity index (χ0) is 11.3. The molecule has 4 heteroatoms. The van der Waals surface area contributed by atoms with Gasteiger partial charge in [0.2, 0.25) is 0 Å². The van der Waals surface area contributed by atoms with Gasteiger partial charge in [-0.1, -0.05) is 6.07 Å². The summed E-state index contributed by atoms with van der Waals surface area (Å²) in [6, 6.07) is 2.17. The van der Waals surface area contributed by atoms with E-state index in [2.05, 4.69) is 16.5 Å². The first-order valence-corrected chi connectivity index (χ1v) is 5.07. The lowest BCUT2D eigenvalue weighted by atomic mass is 10.0. The van der Waals surface area contributed by atoms with E-state index in [9.17, 15) is 0 Å². The van der Waals surface area contributed by atoms with Crippen LogP contribution >= 0.6 is 0 Å². The van der Waals surface area contributed by atoms with Crippen LogP contribution in [0.25, 0.3) is 0 Å². The lowest BCUT2D eigenvalue weighted by Gasteiger charge is -2.19. The molecule has 0 aliphatic rings. The van der Waals surface area contributed by atoms with Gasteiger partial charge in [0.25, 0.3) is 0 Å². The van der Waals surface area contributed by atoms with Crippen molar-refractivity contribution in [1.82, 2.24) is 10.4 Å². The summed E-state index contributed by atoms with van der Waals surface area (Å²) in [6.45, 7) is 4.04. The largest absolute Gasteiger partial charge is 0.382 e. The molecule has 1 heterocycles. The van der Waals surface area contributed by atoms with Crippen molar-refractivity contribution in [2.24, 2.45) is 5.84 Å². The van der Waals surface area contributed by atoms with Crippen LogP contribution in [0.1, 0.15) is 30.5 Å². The average molecular weight is 209 g/mol. The third kappa shape index (κ3) is 3.58. The molecule has 3 N–H and O–H groups in total. The van der Waals surface area contributed by atoms with Crippen LogP contribution in [0.15, 0.2) is 18.5 Å². The fourth-order valence-corrected chi connectivity index (χ4v) is 1.50. The van der Waals surface area contributed by atoms with Crippen LogP contribution in [-0.2, 0) is 4.74 Å². The standard InChI is InChI=1S/C11H19N3O/c1-8-4-10(7-13-6-8)11(14-12)5-9(2)15-3/h4,6-7,9,11,14H,5,12H2,1-3H3. The fourth-order valence-electron chi connectivity index (χ4n) is 1.50. The number of rotatable bonds is 5. The minimum atomic E-state index is 0.0901. The lowest BCUT2D eigenvalue weighted by Crippen LogP contribution is -2.30. The van der Waals surface area contributed by atoms with E-state index in [0.717, 1.165) is 17.5 Å². The van der Waals surface area contributed by atoms with Gasteiger partial charge in [-0.15, -0.1) is 0 Å². The molecule has 15 heavy (non-hydrogen) atoms. The van der Waals surface area contributed by atoms with Crippen LogP contribution in [0.2, 0.25) is 0 Å². The second-order valence-electron chi connectivity index (χ2n) is 3.80. The second-order valence-corrected chi connectivity index (χ2v) is 3.80. The predicted octanol–water partition coefficient (Wildman–Crippen LogP) is 1.32. The van der Waals surface area contributed by atoms with Gasteiger partial charge in [-0.3, -0.25) is 16.3 Å². The Bertz CT molecular complexity index is 304. The van der Waals surface area contributed by atoms with Crippen molar-refractivity contribution < 1.29 is 4.74 Å². The third-order valence-corrected chi connectivity index (χ3v) is 2.47. The molecule has 0 bridgehead atoms. The molecule has 1 aromatic heterocycles. The first-order valence-electron chi connectivity index (χ1n) is 5.07. The highest BCUT2D eigenvalue weighted by atomic mass is 16.5. The number of nitrogens with zero attached hydrogens (tertiary/aromatic N) is 1. The topological polar surface area (TPSA) is 60.2 Å². The summed E-state index contributed by atoms with van der Waals surface area (Å²) in [4.78, 5) is 4.15. The van der Waals surface area contributed by atoms with Crippen molar-refractivity contribution in [3.05, 3.63) is 29.6 Å². The SMILES string of the molecule is COC(C)CC(NN)c1cncc(C)c1. The molecule has 2 atom stereocenters. The molecule has 2 unspecified atom stereocenters. The van der Waals surface area contributed by atoms with Crippen molar-refractivity contribution in [2.75, 3.05) is 7.11 Å². The Hall–Kier alpha value is -0.970. The van der Waals surface area contributed by atoms with Crippen LogP contribution in [-0.4, -0.2) is 18.2 Å². The number of methoxy groups -OCH3 is 1.